The van der Waals surface area contributed by atoms with Crippen LogP contribution in [0.5, 0.6) is 0 Å². The van der Waals surface area contributed by atoms with Crippen molar-refractivity contribution in [3.63, 3.8) is 0 Å². The lowest BCUT2D eigenvalue weighted by Crippen LogP contribution is -2.19. The van der Waals surface area contributed by atoms with Crippen LogP contribution in [0.25, 0.3) is 0 Å². The molecule has 0 aliphatic heterocycles. The fourth-order valence-corrected chi connectivity index (χ4v) is 3.19. The summed E-state index contributed by atoms with van der Waals surface area (Å²) in [7, 11) is 0. The van der Waals surface area contributed by atoms with Crippen LogP contribution in [-0.2, 0) is 17.4 Å². The molecular weight excluding hydrogens is 417 g/mol. The third-order valence-electron chi connectivity index (χ3n) is 3.90. The number of alkyl halides is 3. The van der Waals surface area contributed by atoms with Gasteiger partial charge in [0.15, 0.2) is 5.13 Å². The smallest absolute Gasteiger partial charge is 0.326 e. The minimum Gasteiger partial charge on any atom is -0.326 e. The van der Waals surface area contributed by atoms with Crippen LogP contribution in [0.15, 0.2) is 53.9 Å². The van der Waals surface area contributed by atoms with Crippen molar-refractivity contribution in [2.45, 2.75) is 19.5 Å². The molecule has 30 heavy (non-hydrogen) atoms. The molecule has 0 aliphatic carbocycles. The van der Waals surface area contributed by atoms with Gasteiger partial charge in [-0.15, -0.1) is 11.3 Å². The minimum atomic E-state index is -4.49. The van der Waals surface area contributed by atoms with Crippen molar-refractivity contribution in [1.82, 2.24) is 4.98 Å². The highest BCUT2D eigenvalue weighted by molar-refractivity contribution is 7.14. The quantitative estimate of drug-likeness (QED) is 0.510. The first-order valence-electron chi connectivity index (χ1n) is 8.75. The van der Waals surface area contributed by atoms with Crippen molar-refractivity contribution in [1.29, 1.82) is 0 Å². The van der Waals surface area contributed by atoms with Gasteiger partial charge in [0.05, 0.1) is 17.7 Å². The summed E-state index contributed by atoms with van der Waals surface area (Å²) in [5.74, 6) is -0.518. The molecule has 1 heterocycles. The number of carbonyl (C=O) groups is 2. The third-order valence-corrected chi connectivity index (χ3v) is 4.70. The molecule has 10 heteroatoms. The zero-order valence-electron chi connectivity index (χ0n) is 15.7. The van der Waals surface area contributed by atoms with Gasteiger partial charge in [-0.2, -0.15) is 13.2 Å². The average molecular weight is 434 g/mol. The Morgan fingerprint density at radius 2 is 1.73 bits per heavy atom. The van der Waals surface area contributed by atoms with Crippen molar-refractivity contribution in [2.24, 2.45) is 0 Å². The predicted molar refractivity (Wildman–Crippen MR) is 110 cm³/mol. The van der Waals surface area contributed by atoms with Crippen LogP contribution in [0.2, 0.25) is 0 Å². The normalized spacial score (nSPS) is 11.1. The fraction of sp³-hybridized carbons (Fsp3) is 0.150. The van der Waals surface area contributed by atoms with E-state index < -0.39 is 23.7 Å². The monoisotopic (exact) mass is 434 g/mol. The number of benzene rings is 2. The van der Waals surface area contributed by atoms with Crippen LogP contribution >= 0.6 is 11.3 Å². The molecule has 3 N–H and O–H groups in total. The standard InChI is InChI=1S/C20H17F3N4O2S/c1-12-5-7-14(8-6-12)25-18(29)27-19-26-16(11-30-19)10-17(28)24-15-4-2-3-13(9-15)20(21,22)23/h2-9,11H,10H2,1H3,(H,24,28)(H2,25,26,27,29). The summed E-state index contributed by atoms with van der Waals surface area (Å²) in [6.07, 6.45) is -4.64. The summed E-state index contributed by atoms with van der Waals surface area (Å²) in [5.41, 5.74) is 1.26. The van der Waals surface area contributed by atoms with E-state index in [-0.39, 0.29) is 12.1 Å². The number of hydrogen-bond donors (Lipinski definition) is 3. The number of carbonyl (C=O) groups excluding carboxylic acids is 2. The fourth-order valence-electron chi connectivity index (χ4n) is 2.48. The molecular formula is C20H17F3N4O2S. The van der Waals surface area contributed by atoms with E-state index in [1.807, 2.05) is 19.1 Å². The molecule has 0 saturated carbocycles. The Kier molecular flexibility index (Phi) is 6.36. The van der Waals surface area contributed by atoms with Crippen molar-refractivity contribution < 1.29 is 22.8 Å². The van der Waals surface area contributed by atoms with E-state index in [0.29, 0.717) is 16.5 Å². The third kappa shape index (κ3) is 6.05. The molecule has 1 aromatic heterocycles. The van der Waals surface area contributed by atoms with E-state index in [9.17, 15) is 22.8 Å². The van der Waals surface area contributed by atoms with Gasteiger partial charge < -0.3 is 10.6 Å². The largest absolute Gasteiger partial charge is 0.416 e. The molecule has 2 aromatic carbocycles. The van der Waals surface area contributed by atoms with Crippen molar-refractivity contribution >= 4 is 39.8 Å². The number of anilines is 3. The molecule has 6 nitrogen and oxygen atoms in total. The van der Waals surface area contributed by atoms with Crippen LogP contribution < -0.4 is 16.0 Å². The van der Waals surface area contributed by atoms with E-state index in [4.69, 9.17) is 0 Å². The van der Waals surface area contributed by atoms with Crippen LogP contribution in [0.1, 0.15) is 16.8 Å². The first-order valence-corrected chi connectivity index (χ1v) is 9.63. The number of nitrogens with zero attached hydrogens (tertiary/aromatic N) is 1. The van der Waals surface area contributed by atoms with Crippen LogP contribution in [-0.4, -0.2) is 16.9 Å². The van der Waals surface area contributed by atoms with Crippen molar-refractivity contribution in [3.8, 4) is 0 Å². The summed E-state index contributed by atoms with van der Waals surface area (Å²) < 4.78 is 38.3. The Morgan fingerprint density at radius 3 is 2.43 bits per heavy atom. The zero-order chi connectivity index (χ0) is 21.7. The van der Waals surface area contributed by atoms with E-state index in [0.717, 1.165) is 29.0 Å². The highest BCUT2D eigenvalue weighted by Crippen LogP contribution is 2.30. The van der Waals surface area contributed by atoms with E-state index in [1.165, 1.54) is 12.1 Å². The highest BCUT2D eigenvalue weighted by atomic mass is 32.1. The number of hydrogen-bond acceptors (Lipinski definition) is 4. The SMILES string of the molecule is Cc1ccc(NC(=O)Nc2nc(CC(=O)Nc3cccc(C(F)(F)F)c3)cs2)cc1. The number of thiazole rings is 1. The van der Waals surface area contributed by atoms with Gasteiger partial charge in [0.25, 0.3) is 0 Å². The first-order chi connectivity index (χ1) is 14.2. The van der Waals surface area contributed by atoms with Gasteiger partial charge in [-0.05, 0) is 37.3 Å². The lowest BCUT2D eigenvalue weighted by Gasteiger charge is -2.09. The molecule has 0 bridgehead atoms. The van der Waals surface area contributed by atoms with Crippen LogP contribution in [0, 0.1) is 6.92 Å². The molecule has 3 rings (SSSR count). The second-order valence-corrected chi connectivity index (χ2v) is 7.25. The topological polar surface area (TPSA) is 83.1 Å². The van der Waals surface area contributed by atoms with E-state index in [1.54, 1.807) is 17.5 Å². The molecule has 0 aliphatic rings. The first kappa shape index (κ1) is 21.3. The average Bonchev–Trinajstić information content (AvgIpc) is 3.09. The lowest BCUT2D eigenvalue weighted by molar-refractivity contribution is -0.137. The van der Waals surface area contributed by atoms with Crippen molar-refractivity contribution in [3.05, 3.63) is 70.7 Å². The second-order valence-electron chi connectivity index (χ2n) is 6.39. The van der Waals surface area contributed by atoms with Gasteiger partial charge in [-0.3, -0.25) is 10.1 Å². The van der Waals surface area contributed by atoms with Crippen LogP contribution in [0.4, 0.5) is 34.5 Å². The summed E-state index contributed by atoms with van der Waals surface area (Å²) in [4.78, 5) is 28.3. The molecule has 0 unspecified atom stereocenters. The summed E-state index contributed by atoms with van der Waals surface area (Å²) >= 11 is 1.13. The number of amides is 3. The molecule has 156 valence electrons. The maximum absolute atomic E-state index is 12.8. The van der Waals surface area contributed by atoms with E-state index >= 15 is 0 Å². The zero-order valence-corrected chi connectivity index (χ0v) is 16.5. The maximum atomic E-state index is 12.8. The molecule has 3 amide bonds. The Balaban J connectivity index is 1.54. The maximum Gasteiger partial charge on any atom is 0.416 e. The van der Waals surface area contributed by atoms with Crippen LogP contribution in [0.3, 0.4) is 0 Å². The number of urea groups is 1. The number of halogens is 3. The van der Waals surface area contributed by atoms with E-state index in [2.05, 4.69) is 20.9 Å². The Morgan fingerprint density at radius 1 is 1.00 bits per heavy atom. The van der Waals surface area contributed by atoms with Gasteiger partial charge in [-0.25, -0.2) is 9.78 Å². The minimum absolute atomic E-state index is 0.0425. The molecule has 0 spiro atoms. The summed E-state index contributed by atoms with van der Waals surface area (Å²) in [5, 5.41) is 9.54. The highest BCUT2D eigenvalue weighted by Gasteiger charge is 2.30. The summed E-state index contributed by atoms with van der Waals surface area (Å²) in [6, 6.07) is 11.2. The number of rotatable bonds is 5. The second kappa shape index (κ2) is 8.95. The predicted octanol–water partition coefficient (Wildman–Crippen LogP) is 5.30. The van der Waals surface area contributed by atoms with Gasteiger partial charge in [0, 0.05) is 16.8 Å². The lowest BCUT2D eigenvalue weighted by atomic mass is 10.2. The Hall–Kier alpha value is -3.40. The molecule has 0 atom stereocenters. The Labute approximate surface area is 174 Å². The molecule has 0 saturated heterocycles. The molecule has 3 aromatic rings. The number of nitrogens with one attached hydrogen (secondary N) is 3. The van der Waals surface area contributed by atoms with Gasteiger partial charge >= 0.3 is 12.2 Å². The number of aryl methyl sites for hydroxylation is 1. The summed E-state index contributed by atoms with van der Waals surface area (Å²) in [6.45, 7) is 1.93. The molecule has 0 radical (unpaired) electrons. The van der Waals surface area contributed by atoms with Gasteiger partial charge in [0.1, 0.15) is 0 Å². The molecule has 0 fully saturated rings. The number of aromatic nitrogens is 1. The van der Waals surface area contributed by atoms with Crippen molar-refractivity contribution in [2.75, 3.05) is 16.0 Å². The van der Waals surface area contributed by atoms with Gasteiger partial charge in [0.2, 0.25) is 5.91 Å². The Bertz CT molecular complexity index is 1050. The van der Waals surface area contributed by atoms with Gasteiger partial charge in [-0.1, -0.05) is 23.8 Å².